The summed E-state index contributed by atoms with van der Waals surface area (Å²) in [6.07, 6.45) is 1.94. The third-order valence-corrected chi connectivity index (χ3v) is 9.92. The van der Waals surface area contributed by atoms with Gasteiger partial charge in [-0.25, -0.2) is 12.8 Å². The minimum absolute atomic E-state index is 0.0477. The monoisotopic (exact) mass is 578 g/mol. The molecule has 1 amide bonds. The lowest BCUT2D eigenvalue weighted by Crippen LogP contribution is -2.49. The quantitative estimate of drug-likeness (QED) is 0.360. The number of carbonyl (C=O) groups is 1. The lowest BCUT2D eigenvalue weighted by molar-refractivity contribution is -0.135. The van der Waals surface area contributed by atoms with Crippen molar-refractivity contribution in [1.82, 2.24) is 9.21 Å². The summed E-state index contributed by atoms with van der Waals surface area (Å²) < 4.78 is 54.2. The summed E-state index contributed by atoms with van der Waals surface area (Å²) in [4.78, 5) is 16.6. The van der Waals surface area contributed by atoms with Gasteiger partial charge in [0.05, 0.1) is 23.6 Å². The number of carbonyl (C=O) groups excluding carboxylic acids is 1. The van der Waals surface area contributed by atoms with Crippen molar-refractivity contribution < 1.29 is 27.1 Å². The molecule has 1 aromatic heterocycles. The summed E-state index contributed by atoms with van der Waals surface area (Å²) in [5.41, 5.74) is 0.942. The molecule has 1 saturated heterocycles. The van der Waals surface area contributed by atoms with Gasteiger partial charge in [-0.15, -0.1) is 11.3 Å². The number of para-hydroxylation sites is 1. The maximum Gasteiger partial charge on any atom is 0.243 e. The first-order chi connectivity index (χ1) is 18.3. The molecule has 3 heterocycles. The van der Waals surface area contributed by atoms with Crippen LogP contribution < -0.4 is 4.74 Å². The molecular formula is C27H28ClFN2O5S2. The second-order valence-electron chi connectivity index (χ2n) is 9.28. The van der Waals surface area contributed by atoms with Gasteiger partial charge < -0.3 is 14.4 Å². The van der Waals surface area contributed by atoms with E-state index in [0.717, 1.165) is 23.3 Å². The van der Waals surface area contributed by atoms with E-state index in [9.17, 15) is 17.6 Å². The molecule has 38 heavy (non-hydrogen) atoms. The van der Waals surface area contributed by atoms with Crippen molar-refractivity contribution >= 4 is 38.9 Å². The lowest BCUT2D eigenvalue weighted by Gasteiger charge is -2.37. The van der Waals surface area contributed by atoms with Gasteiger partial charge in [-0.3, -0.25) is 4.79 Å². The summed E-state index contributed by atoms with van der Waals surface area (Å²) >= 11 is 7.58. The second-order valence-corrected chi connectivity index (χ2v) is 12.7. The number of nitrogens with zero attached hydrogens (tertiary/aromatic N) is 2. The highest BCUT2D eigenvalue weighted by atomic mass is 35.5. The normalized spacial score (nSPS) is 19.5. The smallest absolute Gasteiger partial charge is 0.243 e. The Balaban J connectivity index is 1.39. The Hall–Kier alpha value is -2.50. The van der Waals surface area contributed by atoms with Crippen LogP contribution in [0.15, 0.2) is 64.9 Å². The van der Waals surface area contributed by atoms with E-state index in [0.29, 0.717) is 24.6 Å². The molecule has 2 aliphatic heterocycles. The number of ether oxygens (including phenoxy) is 2. The Morgan fingerprint density at radius 1 is 1.18 bits per heavy atom. The Bertz CT molecular complexity index is 1380. The highest BCUT2D eigenvalue weighted by Gasteiger charge is 2.36. The average Bonchev–Trinajstić information content (AvgIpc) is 3.60. The second kappa shape index (κ2) is 11.7. The van der Waals surface area contributed by atoms with E-state index in [2.05, 4.69) is 0 Å². The summed E-state index contributed by atoms with van der Waals surface area (Å²) in [6.45, 7) is 0.750. The van der Waals surface area contributed by atoms with Crippen LogP contribution in [0.4, 0.5) is 4.39 Å². The number of fused-ring (bicyclic) bond motifs is 1. The van der Waals surface area contributed by atoms with Crippen molar-refractivity contribution in [2.45, 2.75) is 36.3 Å². The van der Waals surface area contributed by atoms with Gasteiger partial charge in [0.15, 0.2) is 11.6 Å². The van der Waals surface area contributed by atoms with Crippen molar-refractivity contribution in [3.63, 3.8) is 0 Å². The molecule has 0 unspecified atom stereocenters. The largest absolute Gasteiger partial charge is 0.488 e. The van der Waals surface area contributed by atoms with Gasteiger partial charge in [-0.05, 0) is 72.7 Å². The molecule has 3 aromatic rings. The van der Waals surface area contributed by atoms with E-state index < -0.39 is 21.9 Å². The number of halogens is 2. The molecule has 202 valence electrons. The minimum atomic E-state index is -4.00. The van der Waals surface area contributed by atoms with E-state index >= 15 is 0 Å². The van der Waals surface area contributed by atoms with Crippen molar-refractivity contribution in [3.05, 3.63) is 81.3 Å². The number of rotatable bonds is 9. The van der Waals surface area contributed by atoms with Crippen LogP contribution in [0.3, 0.4) is 0 Å². The third kappa shape index (κ3) is 5.89. The van der Waals surface area contributed by atoms with E-state index in [1.165, 1.54) is 34.6 Å². The summed E-state index contributed by atoms with van der Waals surface area (Å²) in [6, 6.07) is 13.5. The molecule has 11 heteroatoms. The molecule has 2 atom stereocenters. The van der Waals surface area contributed by atoms with Crippen LogP contribution in [0.5, 0.6) is 5.75 Å². The standard InChI is InChI=1S/C27H28ClFN2O5S2/c28-19-7-9-21(10-8-19)38(33,34)30(16-20-4-3-14-35-20)17-27(32)31-13-11-26-22(12-15-37-26)24(31)18-36-25-6-2-1-5-23(25)29/h1-2,5-10,12,15,20,24H,3-4,11,13-14,16-18H2/t20-,24+/m0/s1. The van der Waals surface area contributed by atoms with E-state index in [1.54, 1.807) is 34.4 Å². The molecule has 0 N–H and O–H groups in total. The van der Waals surface area contributed by atoms with Gasteiger partial charge in [-0.2, -0.15) is 4.31 Å². The number of thiophene rings is 1. The zero-order valence-corrected chi connectivity index (χ0v) is 23.0. The first kappa shape index (κ1) is 27.1. The number of hydrogen-bond donors (Lipinski definition) is 0. The van der Waals surface area contributed by atoms with Gasteiger partial charge in [0, 0.05) is 29.6 Å². The SMILES string of the molecule is O=C(CN(C[C@@H]1CCCO1)S(=O)(=O)c1ccc(Cl)cc1)N1CCc2sccc2[C@H]1COc1ccccc1F. The van der Waals surface area contributed by atoms with E-state index in [1.807, 2.05) is 11.4 Å². The van der Waals surface area contributed by atoms with Gasteiger partial charge >= 0.3 is 0 Å². The molecular weight excluding hydrogens is 551 g/mol. The van der Waals surface area contributed by atoms with Crippen LogP contribution in [0.2, 0.25) is 5.02 Å². The average molecular weight is 579 g/mol. The van der Waals surface area contributed by atoms with Crippen molar-refractivity contribution in [1.29, 1.82) is 0 Å². The molecule has 0 spiro atoms. The Morgan fingerprint density at radius 2 is 1.97 bits per heavy atom. The topological polar surface area (TPSA) is 76.2 Å². The number of hydrogen-bond acceptors (Lipinski definition) is 6. The van der Waals surface area contributed by atoms with Crippen molar-refractivity contribution in [2.24, 2.45) is 0 Å². The van der Waals surface area contributed by atoms with Gasteiger partial charge in [-0.1, -0.05) is 23.7 Å². The molecule has 0 bridgehead atoms. The number of amides is 1. The van der Waals surface area contributed by atoms with Gasteiger partial charge in [0.1, 0.15) is 6.61 Å². The van der Waals surface area contributed by atoms with E-state index in [4.69, 9.17) is 21.1 Å². The highest BCUT2D eigenvalue weighted by molar-refractivity contribution is 7.89. The van der Waals surface area contributed by atoms with Crippen LogP contribution in [0, 0.1) is 5.82 Å². The molecule has 5 rings (SSSR count). The molecule has 0 radical (unpaired) electrons. The minimum Gasteiger partial charge on any atom is -0.488 e. The molecule has 0 saturated carbocycles. The van der Waals surface area contributed by atoms with Crippen LogP contribution in [-0.4, -0.2) is 62.5 Å². The van der Waals surface area contributed by atoms with Crippen LogP contribution >= 0.6 is 22.9 Å². The fourth-order valence-electron chi connectivity index (χ4n) is 4.87. The number of benzene rings is 2. The maximum absolute atomic E-state index is 14.2. The predicted molar refractivity (Wildman–Crippen MR) is 144 cm³/mol. The van der Waals surface area contributed by atoms with Crippen LogP contribution in [-0.2, 0) is 26.0 Å². The predicted octanol–water partition coefficient (Wildman–Crippen LogP) is 4.92. The Morgan fingerprint density at radius 3 is 2.71 bits per heavy atom. The lowest BCUT2D eigenvalue weighted by atomic mass is 10.0. The summed E-state index contributed by atoms with van der Waals surface area (Å²) in [7, 11) is -4.00. The first-order valence-electron chi connectivity index (χ1n) is 12.4. The molecule has 1 fully saturated rings. The Labute approximate surface area is 230 Å². The maximum atomic E-state index is 14.2. The highest BCUT2D eigenvalue weighted by Crippen LogP contribution is 2.34. The number of sulfonamides is 1. The fourth-order valence-corrected chi connectivity index (χ4v) is 7.34. The Kier molecular flexibility index (Phi) is 8.35. The molecule has 7 nitrogen and oxygen atoms in total. The molecule has 2 aromatic carbocycles. The first-order valence-corrected chi connectivity index (χ1v) is 15.1. The third-order valence-electron chi connectivity index (χ3n) is 6.84. The fraction of sp³-hybridized carbons (Fsp3) is 0.370. The zero-order valence-electron chi connectivity index (χ0n) is 20.6. The van der Waals surface area contributed by atoms with Crippen molar-refractivity contribution in [3.8, 4) is 5.75 Å². The van der Waals surface area contributed by atoms with Crippen LogP contribution in [0.1, 0.15) is 29.3 Å². The van der Waals surface area contributed by atoms with E-state index in [-0.39, 0.29) is 42.4 Å². The molecule has 2 aliphatic rings. The summed E-state index contributed by atoms with van der Waals surface area (Å²) in [5.74, 6) is -0.726. The van der Waals surface area contributed by atoms with Crippen molar-refractivity contribution in [2.75, 3.05) is 32.8 Å². The van der Waals surface area contributed by atoms with Gasteiger partial charge in [0.25, 0.3) is 0 Å². The van der Waals surface area contributed by atoms with Gasteiger partial charge in [0.2, 0.25) is 15.9 Å². The zero-order chi connectivity index (χ0) is 26.7. The molecule has 0 aliphatic carbocycles. The summed E-state index contributed by atoms with van der Waals surface area (Å²) in [5, 5.41) is 2.38. The van der Waals surface area contributed by atoms with Crippen LogP contribution in [0.25, 0.3) is 0 Å².